The van der Waals surface area contributed by atoms with Crippen LogP contribution < -0.4 is 10.4 Å². The zero-order valence-corrected chi connectivity index (χ0v) is 21.3. The van der Waals surface area contributed by atoms with Crippen LogP contribution in [0.2, 0.25) is 5.02 Å². The second-order valence-corrected chi connectivity index (χ2v) is 10.1. The molecule has 5 nitrogen and oxygen atoms in total. The Balaban J connectivity index is 1.80. The van der Waals surface area contributed by atoms with Gasteiger partial charge in [-0.05, 0) is 74.2 Å². The molecule has 3 atom stereocenters. The minimum Gasteiger partial charge on any atom is -0.507 e. The number of halogens is 1. The summed E-state index contributed by atoms with van der Waals surface area (Å²) in [7, 11) is 0. The highest BCUT2D eigenvalue weighted by Gasteiger charge is 2.43. The molecule has 0 saturated heterocycles. The highest BCUT2D eigenvalue weighted by molar-refractivity contribution is 6.30. The van der Waals surface area contributed by atoms with Crippen molar-refractivity contribution in [3.63, 3.8) is 0 Å². The summed E-state index contributed by atoms with van der Waals surface area (Å²) in [6, 6.07) is 14.5. The standard InChI is InChI=1S/C30H27ClO5/c1-14-10-16(3)28-21(12-14)26(32)23(18(5)35-28)24(19-6-8-20(31)9-7-19)25-27(33)22-13-15(2)11-17(4)29(22)36-30(25)34/h6-13,23-24,26,32-33H,5H2,1-4H3. The number of aryl methyl sites for hydroxylation is 4. The SMILES string of the molecule is C=C1Oc2c(C)cc(C)cc2C(O)C1C(c1ccc(Cl)cc1)c1c(O)c2cc(C)cc(C)c2oc1=O. The van der Waals surface area contributed by atoms with Crippen LogP contribution >= 0.6 is 11.6 Å². The first-order valence-corrected chi connectivity index (χ1v) is 12.1. The average molecular weight is 503 g/mol. The fourth-order valence-electron chi connectivity index (χ4n) is 5.44. The van der Waals surface area contributed by atoms with Crippen LogP contribution in [0, 0.1) is 33.6 Å². The minimum absolute atomic E-state index is 0.0384. The molecule has 0 amide bonds. The number of hydrogen-bond acceptors (Lipinski definition) is 5. The monoisotopic (exact) mass is 502 g/mol. The van der Waals surface area contributed by atoms with Crippen molar-refractivity contribution < 1.29 is 19.4 Å². The normalized spacial score (nSPS) is 18.1. The van der Waals surface area contributed by atoms with Gasteiger partial charge >= 0.3 is 5.63 Å². The summed E-state index contributed by atoms with van der Waals surface area (Å²) < 4.78 is 11.9. The van der Waals surface area contributed by atoms with E-state index in [1.54, 1.807) is 30.3 Å². The third-order valence-corrected chi connectivity index (χ3v) is 7.21. The van der Waals surface area contributed by atoms with Gasteiger partial charge in [0.15, 0.2) is 0 Å². The molecule has 0 radical (unpaired) electrons. The molecule has 0 spiro atoms. The van der Waals surface area contributed by atoms with Crippen molar-refractivity contribution in [1.82, 2.24) is 0 Å². The van der Waals surface area contributed by atoms with Crippen molar-refractivity contribution in [3.8, 4) is 11.5 Å². The molecule has 2 N–H and O–H groups in total. The fourth-order valence-corrected chi connectivity index (χ4v) is 5.56. The van der Waals surface area contributed by atoms with Gasteiger partial charge in [0.2, 0.25) is 0 Å². The van der Waals surface area contributed by atoms with Crippen LogP contribution in [-0.2, 0) is 0 Å². The van der Waals surface area contributed by atoms with E-state index >= 15 is 0 Å². The molecule has 36 heavy (non-hydrogen) atoms. The summed E-state index contributed by atoms with van der Waals surface area (Å²) in [5.41, 5.74) is 4.48. The van der Waals surface area contributed by atoms with E-state index in [1.807, 2.05) is 45.9 Å². The summed E-state index contributed by atoms with van der Waals surface area (Å²) in [5.74, 6) is -0.928. The molecule has 1 aliphatic heterocycles. The largest absolute Gasteiger partial charge is 0.507 e. The lowest BCUT2D eigenvalue weighted by atomic mass is 9.74. The third kappa shape index (κ3) is 3.89. The predicted molar refractivity (Wildman–Crippen MR) is 141 cm³/mol. The van der Waals surface area contributed by atoms with E-state index in [2.05, 4.69) is 6.58 Å². The molecule has 1 aromatic heterocycles. The van der Waals surface area contributed by atoms with Gasteiger partial charge in [-0.2, -0.15) is 0 Å². The van der Waals surface area contributed by atoms with Crippen LogP contribution in [0.3, 0.4) is 0 Å². The second kappa shape index (κ2) is 8.84. The lowest BCUT2D eigenvalue weighted by molar-refractivity contribution is 0.0762. The molecule has 0 fully saturated rings. The van der Waals surface area contributed by atoms with E-state index in [1.165, 1.54) is 0 Å². The zero-order valence-electron chi connectivity index (χ0n) is 20.6. The van der Waals surface area contributed by atoms with Crippen molar-refractivity contribution in [2.75, 3.05) is 0 Å². The van der Waals surface area contributed by atoms with Crippen LogP contribution in [0.5, 0.6) is 11.5 Å². The highest BCUT2D eigenvalue weighted by Crippen LogP contribution is 2.51. The molecule has 5 rings (SSSR count). The van der Waals surface area contributed by atoms with E-state index in [0.29, 0.717) is 38.6 Å². The topological polar surface area (TPSA) is 79.9 Å². The van der Waals surface area contributed by atoms with Gasteiger partial charge in [-0.25, -0.2) is 4.79 Å². The molecule has 4 aromatic rings. The van der Waals surface area contributed by atoms with Crippen LogP contribution in [-0.4, -0.2) is 10.2 Å². The number of hydrogen-bond donors (Lipinski definition) is 2. The number of ether oxygens (including phenoxy) is 1. The maximum absolute atomic E-state index is 13.5. The Morgan fingerprint density at radius 1 is 0.972 bits per heavy atom. The lowest BCUT2D eigenvalue weighted by Gasteiger charge is -2.37. The van der Waals surface area contributed by atoms with Gasteiger partial charge in [-0.1, -0.05) is 48.0 Å². The molecule has 6 heteroatoms. The van der Waals surface area contributed by atoms with Crippen LogP contribution in [0.4, 0.5) is 0 Å². The fraction of sp³-hybridized carbons (Fsp3) is 0.233. The van der Waals surface area contributed by atoms with Gasteiger partial charge in [0, 0.05) is 16.5 Å². The van der Waals surface area contributed by atoms with E-state index in [0.717, 1.165) is 22.3 Å². The smallest absolute Gasteiger partial charge is 0.343 e. The third-order valence-electron chi connectivity index (χ3n) is 6.95. The van der Waals surface area contributed by atoms with Gasteiger partial charge in [0.25, 0.3) is 0 Å². The molecule has 3 aromatic carbocycles. The molecular weight excluding hydrogens is 476 g/mol. The Kier molecular flexibility index (Phi) is 5.93. The number of aromatic hydroxyl groups is 1. The van der Waals surface area contributed by atoms with Gasteiger partial charge < -0.3 is 19.4 Å². The van der Waals surface area contributed by atoms with Crippen LogP contribution in [0.15, 0.2) is 70.1 Å². The average Bonchev–Trinajstić information content (AvgIpc) is 2.80. The molecule has 184 valence electrons. The van der Waals surface area contributed by atoms with Crippen molar-refractivity contribution in [1.29, 1.82) is 0 Å². The number of aliphatic hydroxyl groups excluding tert-OH is 1. The summed E-state index contributed by atoms with van der Waals surface area (Å²) in [6.45, 7) is 11.7. The molecule has 0 bridgehead atoms. The van der Waals surface area contributed by atoms with Crippen molar-refractivity contribution in [2.45, 2.75) is 39.7 Å². The van der Waals surface area contributed by atoms with Gasteiger partial charge in [0.1, 0.15) is 22.8 Å². The Hall–Kier alpha value is -3.54. The quantitative estimate of drug-likeness (QED) is 0.302. The summed E-state index contributed by atoms with van der Waals surface area (Å²) in [5, 5.41) is 24.2. The summed E-state index contributed by atoms with van der Waals surface area (Å²) >= 11 is 6.16. The molecule has 2 heterocycles. The first-order valence-electron chi connectivity index (χ1n) is 11.7. The lowest BCUT2D eigenvalue weighted by Crippen LogP contribution is -2.32. The van der Waals surface area contributed by atoms with E-state index < -0.39 is 23.6 Å². The zero-order chi connectivity index (χ0) is 25.9. The second-order valence-electron chi connectivity index (χ2n) is 9.68. The number of rotatable bonds is 3. The first-order chi connectivity index (χ1) is 17.1. The Bertz CT molecular complexity index is 1580. The van der Waals surface area contributed by atoms with Crippen molar-refractivity contribution in [2.24, 2.45) is 5.92 Å². The molecule has 0 saturated carbocycles. The minimum atomic E-state index is -1.05. The molecule has 0 aliphatic carbocycles. The van der Waals surface area contributed by atoms with Crippen molar-refractivity contribution >= 4 is 22.6 Å². The van der Waals surface area contributed by atoms with E-state index in [4.69, 9.17) is 20.8 Å². The predicted octanol–water partition coefficient (Wildman–Crippen LogP) is 6.77. The highest BCUT2D eigenvalue weighted by atomic mass is 35.5. The molecular formula is C30H27ClO5. The Morgan fingerprint density at radius 3 is 2.31 bits per heavy atom. The number of benzene rings is 3. The van der Waals surface area contributed by atoms with Gasteiger partial charge in [-0.3, -0.25) is 0 Å². The summed E-state index contributed by atoms with van der Waals surface area (Å²) in [6.07, 6.45) is -1.05. The van der Waals surface area contributed by atoms with Gasteiger partial charge in [-0.15, -0.1) is 0 Å². The maximum Gasteiger partial charge on any atom is 0.343 e. The number of fused-ring (bicyclic) bond motifs is 2. The molecule has 1 aliphatic rings. The Labute approximate surface area is 214 Å². The Morgan fingerprint density at radius 2 is 1.61 bits per heavy atom. The van der Waals surface area contributed by atoms with E-state index in [-0.39, 0.29) is 11.3 Å². The van der Waals surface area contributed by atoms with Crippen LogP contribution in [0.1, 0.15) is 51.0 Å². The summed E-state index contributed by atoms with van der Waals surface area (Å²) in [4.78, 5) is 13.5. The van der Waals surface area contributed by atoms with Crippen molar-refractivity contribution in [3.05, 3.63) is 115 Å². The molecule has 3 unspecified atom stereocenters. The van der Waals surface area contributed by atoms with Crippen LogP contribution in [0.25, 0.3) is 11.0 Å². The number of aliphatic hydroxyl groups is 1. The first kappa shape index (κ1) is 24.2. The van der Waals surface area contributed by atoms with Gasteiger partial charge in [0.05, 0.1) is 23.0 Å². The maximum atomic E-state index is 13.5. The van der Waals surface area contributed by atoms with E-state index in [9.17, 15) is 15.0 Å².